The van der Waals surface area contributed by atoms with E-state index < -0.39 is 24.5 Å². The summed E-state index contributed by atoms with van der Waals surface area (Å²) >= 11 is 1.40. The average Bonchev–Trinajstić information content (AvgIpc) is 2.66. The van der Waals surface area contributed by atoms with E-state index in [1.54, 1.807) is 30.7 Å². The van der Waals surface area contributed by atoms with Crippen LogP contribution in [0.1, 0.15) is 19.4 Å². The molecule has 0 aliphatic carbocycles. The van der Waals surface area contributed by atoms with E-state index in [2.05, 4.69) is 0 Å². The zero-order valence-electron chi connectivity index (χ0n) is 9.62. The Morgan fingerprint density at radius 2 is 2.12 bits per heavy atom. The van der Waals surface area contributed by atoms with E-state index in [1.807, 2.05) is 0 Å². The molecule has 0 aliphatic heterocycles. The number of nitrogens with zero attached hydrogens (tertiary/aromatic N) is 1. The molecule has 1 rings (SSSR count). The molecular weight excluding hydrogens is 251 g/mol. The molecule has 96 valence electrons. The van der Waals surface area contributed by atoms with Crippen molar-refractivity contribution in [3.63, 3.8) is 0 Å². The Morgan fingerprint density at radius 3 is 2.53 bits per heavy atom. The fraction of sp³-hybridized carbons (Fsp3) is 0.545. The highest BCUT2D eigenvalue weighted by Gasteiger charge is 2.33. The number of carbonyl (C=O) groups excluding carboxylic acids is 1. The van der Waals surface area contributed by atoms with Gasteiger partial charge in [0, 0.05) is 12.5 Å². The molecule has 0 atom stereocenters. The summed E-state index contributed by atoms with van der Waals surface area (Å²) < 4.78 is 37.1. The van der Waals surface area contributed by atoms with E-state index in [9.17, 15) is 18.0 Å². The zero-order valence-corrected chi connectivity index (χ0v) is 10.4. The van der Waals surface area contributed by atoms with Gasteiger partial charge in [-0.1, -0.05) is 13.8 Å². The number of thiophene rings is 1. The van der Waals surface area contributed by atoms with Gasteiger partial charge in [-0.15, -0.1) is 0 Å². The van der Waals surface area contributed by atoms with E-state index in [1.165, 1.54) is 11.3 Å². The van der Waals surface area contributed by atoms with E-state index in [-0.39, 0.29) is 6.54 Å². The van der Waals surface area contributed by atoms with Gasteiger partial charge in [-0.25, -0.2) is 0 Å². The third-order valence-electron chi connectivity index (χ3n) is 2.13. The second-order valence-corrected chi connectivity index (χ2v) is 4.88. The third kappa shape index (κ3) is 4.77. The van der Waals surface area contributed by atoms with Gasteiger partial charge < -0.3 is 4.90 Å². The predicted molar refractivity (Wildman–Crippen MR) is 60.6 cm³/mol. The molecule has 0 unspecified atom stereocenters. The number of rotatable bonds is 4. The van der Waals surface area contributed by atoms with Crippen molar-refractivity contribution >= 4 is 17.2 Å². The molecule has 0 aromatic carbocycles. The third-order valence-corrected chi connectivity index (χ3v) is 2.86. The van der Waals surface area contributed by atoms with Crippen LogP contribution in [0.5, 0.6) is 0 Å². The van der Waals surface area contributed by atoms with Crippen molar-refractivity contribution in [2.75, 3.05) is 6.54 Å². The highest BCUT2D eigenvalue weighted by Crippen LogP contribution is 2.20. The molecule has 1 aromatic rings. The summed E-state index contributed by atoms with van der Waals surface area (Å²) in [5, 5.41) is 3.53. The molecule has 1 amide bonds. The van der Waals surface area contributed by atoms with Crippen molar-refractivity contribution in [3.8, 4) is 0 Å². The monoisotopic (exact) mass is 265 g/mol. The lowest BCUT2D eigenvalue weighted by atomic mass is 10.1. The van der Waals surface area contributed by atoms with Gasteiger partial charge >= 0.3 is 6.18 Å². The Bertz CT molecular complexity index is 359. The van der Waals surface area contributed by atoms with Gasteiger partial charge in [0.25, 0.3) is 0 Å². The SMILES string of the molecule is CC(C)C(=O)N(Cc1ccsc1)CC(F)(F)F. The number of carbonyl (C=O) groups is 1. The number of hydrogen-bond acceptors (Lipinski definition) is 2. The second-order valence-electron chi connectivity index (χ2n) is 4.10. The minimum atomic E-state index is -4.36. The lowest BCUT2D eigenvalue weighted by Gasteiger charge is -2.25. The molecule has 6 heteroatoms. The first kappa shape index (κ1) is 14.0. The van der Waals surface area contributed by atoms with E-state index in [0.717, 1.165) is 10.5 Å². The summed E-state index contributed by atoms with van der Waals surface area (Å²) in [7, 11) is 0. The largest absolute Gasteiger partial charge is 0.406 e. The Hall–Kier alpha value is -1.04. The zero-order chi connectivity index (χ0) is 13.1. The molecule has 0 spiro atoms. The van der Waals surface area contributed by atoms with E-state index in [0.29, 0.717) is 0 Å². The van der Waals surface area contributed by atoms with Gasteiger partial charge in [0.1, 0.15) is 6.54 Å². The van der Waals surface area contributed by atoms with Gasteiger partial charge in [-0.3, -0.25) is 4.79 Å². The molecular formula is C11H14F3NOS. The van der Waals surface area contributed by atoms with Crippen molar-refractivity contribution in [2.24, 2.45) is 5.92 Å². The quantitative estimate of drug-likeness (QED) is 0.818. The molecule has 17 heavy (non-hydrogen) atoms. The summed E-state index contributed by atoms with van der Waals surface area (Å²) in [6, 6.07) is 1.72. The van der Waals surface area contributed by atoms with Gasteiger partial charge in [-0.05, 0) is 22.4 Å². The van der Waals surface area contributed by atoms with Gasteiger partial charge in [0.15, 0.2) is 0 Å². The van der Waals surface area contributed by atoms with Crippen LogP contribution >= 0.6 is 11.3 Å². The second kappa shape index (κ2) is 5.53. The van der Waals surface area contributed by atoms with Crippen LogP contribution in [0, 0.1) is 5.92 Å². The fourth-order valence-corrected chi connectivity index (χ4v) is 2.06. The van der Waals surface area contributed by atoms with Crippen LogP contribution in [0.2, 0.25) is 0 Å². The molecule has 0 bridgehead atoms. The Kier molecular flexibility index (Phi) is 4.56. The smallest absolute Gasteiger partial charge is 0.329 e. The van der Waals surface area contributed by atoms with Crippen molar-refractivity contribution in [1.82, 2.24) is 4.90 Å². The molecule has 1 heterocycles. The maximum absolute atomic E-state index is 12.4. The van der Waals surface area contributed by atoms with Crippen molar-refractivity contribution < 1.29 is 18.0 Å². The van der Waals surface area contributed by atoms with Crippen LogP contribution in [-0.2, 0) is 11.3 Å². The summed E-state index contributed by atoms with van der Waals surface area (Å²) in [5.41, 5.74) is 0.730. The number of alkyl halides is 3. The maximum Gasteiger partial charge on any atom is 0.406 e. The van der Waals surface area contributed by atoms with Crippen LogP contribution in [0.3, 0.4) is 0 Å². The summed E-state index contributed by atoms with van der Waals surface area (Å²) in [5.74, 6) is -0.912. The maximum atomic E-state index is 12.4. The number of amides is 1. The lowest BCUT2D eigenvalue weighted by molar-refractivity contribution is -0.164. The first-order chi connectivity index (χ1) is 7.79. The van der Waals surface area contributed by atoms with Crippen molar-refractivity contribution in [3.05, 3.63) is 22.4 Å². The van der Waals surface area contributed by atoms with Crippen LogP contribution < -0.4 is 0 Å². The average molecular weight is 265 g/mol. The number of halogens is 3. The molecule has 0 aliphatic rings. The highest BCUT2D eigenvalue weighted by atomic mass is 32.1. The molecule has 0 radical (unpaired) electrons. The van der Waals surface area contributed by atoms with Crippen LogP contribution in [-0.4, -0.2) is 23.5 Å². The summed E-state index contributed by atoms with van der Waals surface area (Å²) in [6.45, 7) is 2.01. The van der Waals surface area contributed by atoms with Crippen molar-refractivity contribution in [1.29, 1.82) is 0 Å². The Labute approximate surface area is 102 Å². The summed E-state index contributed by atoms with van der Waals surface area (Å²) in [6.07, 6.45) is -4.36. The van der Waals surface area contributed by atoms with Crippen LogP contribution in [0.4, 0.5) is 13.2 Å². The first-order valence-electron chi connectivity index (χ1n) is 5.16. The van der Waals surface area contributed by atoms with E-state index >= 15 is 0 Å². The molecule has 0 saturated heterocycles. The fourth-order valence-electron chi connectivity index (χ4n) is 1.40. The topological polar surface area (TPSA) is 20.3 Å². The lowest BCUT2D eigenvalue weighted by Crippen LogP contribution is -2.40. The van der Waals surface area contributed by atoms with Crippen molar-refractivity contribution in [2.45, 2.75) is 26.6 Å². The minimum absolute atomic E-state index is 0.0139. The predicted octanol–water partition coefficient (Wildman–Crippen LogP) is 3.30. The molecule has 0 saturated carbocycles. The Balaban J connectivity index is 2.75. The Morgan fingerprint density at radius 1 is 1.47 bits per heavy atom. The molecule has 2 nitrogen and oxygen atoms in total. The standard InChI is InChI=1S/C11H14F3NOS/c1-8(2)10(16)15(7-11(12,13)14)5-9-3-4-17-6-9/h3-4,6,8H,5,7H2,1-2H3. The van der Waals surface area contributed by atoms with Crippen LogP contribution in [0.15, 0.2) is 16.8 Å². The molecule has 0 fully saturated rings. The highest BCUT2D eigenvalue weighted by molar-refractivity contribution is 7.07. The minimum Gasteiger partial charge on any atom is -0.329 e. The normalized spacial score (nSPS) is 11.9. The van der Waals surface area contributed by atoms with Gasteiger partial charge in [0.2, 0.25) is 5.91 Å². The summed E-state index contributed by atoms with van der Waals surface area (Å²) in [4.78, 5) is 12.5. The van der Waals surface area contributed by atoms with Gasteiger partial charge in [-0.2, -0.15) is 24.5 Å². The van der Waals surface area contributed by atoms with E-state index in [4.69, 9.17) is 0 Å². The first-order valence-corrected chi connectivity index (χ1v) is 6.10. The number of hydrogen-bond donors (Lipinski definition) is 0. The van der Waals surface area contributed by atoms with Crippen LogP contribution in [0.25, 0.3) is 0 Å². The molecule has 0 N–H and O–H groups in total. The molecule has 1 aromatic heterocycles. The van der Waals surface area contributed by atoms with Gasteiger partial charge in [0.05, 0.1) is 0 Å².